The number of rotatable bonds is 8. The number of likely N-dealkylation sites (tertiary alicyclic amines) is 1. The van der Waals surface area contributed by atoms with E-state index in [1.165, 1.54) is 28.7 Å². The van der Waals surface area contributed by atoms with Crippen LogP contribution in [0.3, 0.4) is 0 Å². The molecule has 188 valence electrons. The lowest BCUT2D eigenvalue weighted by Gasteiger charge is -2.32. The van der Waals surface area contributed by atoms with Crippen molar-refractivity contribution in [3.8, 4) is 5.75 Å². The standard InChI is InChI=1S/C26H31F2N3O4/c27-26(28)35-23-6-2-1-5-22(23)25(33)31-12-3-4-20(18-31)24(32)29-21-9-7-19(8-10-21)11-13-30-14-16-34-17-15-30/h1-2,5-10,20,26H,3-4,11-18H2,(H,29,32). The van der Waals surface area contributed by atoms with E-state index in [2.05, 4.69) is 15.0 Å². The van der Waals surface area contributed by atoms with Crippen molar-refractivity contribution in [3.05, 3.63) is 59.7 Å². The van der Waals surface area contributed by atoms with E-state index in [4.69, 9.17) is 4.74 Å². The van der Waals surface area contributed by atoms with Crippen LogP contribution in [0.4, 0.5) is 14.5 Å². The number of nitrogens with zero attached hydrogens (tertiary/aromatic N) is 2. The molecule has 2 aliphatic rings. The summed E-state index contributed by atoms with van der Waals surface area (Å²) in [6.45, 7) is 2.13. The maximum absolute atomic E-state index is 13.0. The average molecular weight is 488 g/mol. The zero-order chi connectivity index (χ0) is 24.6. The highest BCUT2D eigenvalue weighted by molar-refractivity contribution is 5.98. The maximum atomic E-state index is 13.0. The summed E-state index contributed by atoms with van der Waals surface area (Å²) in [6.07, 6.45) is 2.25. The highest BCUT2D eigenvalue weighted by Gasteiger charge is 2.30. The number of hydrogen-bond acceptors (Lipinski definition) is 5. The fourth-order valence-corrected chi connectivity index (χ4v) is 4.50. The van der Waals surface area contributed by atoms with Gasteiger partial charge in [0.2, 0.25) is 5.91 Å². The molecule has 2 aromatic rings. The molecule has 9 heteroatoms. The Bertz CT molecular complexity index is 996. The lowest BCUT2D eigenvalue weighted by Crippen LogP contribution is -2.43. The van der Waals surface area contributed by atoms with Gasteiger partial charge in [-0.1, -0.05) is 24.3 Å². The van der Waals surface area contributed by atoms with Gasteiger partial charge in [-0.25, -0.2) is 0 Å². The van der Waals surface area contributed by atoms with Crippen molar-refractivity contribution in [2.75, 3.05) is 51.3 Å². The first-order valence-electron chi connectivity index (χ1n) is 12.0. The molecule has 2 amide bonds. The Labute approximate surface area is 204 Å². The van der Waals surface area contributed by atoms with E-state index in [1.807, 2.05) is 24.3 Å². The Hall–Kier alpha value is -3.04. The van der Waals surface area contributed by atoms with E-state index in [-0.39, 0.29) is 29.7 Å². The Morgan fingerprint density at radius 1 is 1.06 bits per heavy atom. The van der Waals surface area contributed by atoms with Crippen LogP contribution < -0.4 is 10.1 Å². The molecule has 2 aromatic carbocycles. The minimum Gasteiger partial charge on any atom is -0.434 e. The highest BCUT2D eigenvalue weighted by atomic mass is 19.3. The molecule has 1 unspecified atom stereocenters. The summed E-state index contributed by atoms with van der Waals surface area (Å²) in [5.41, 5.74) is 1.99. The molecule has 0 spiro atoms. The quantitative estimate of drug-likeness (QED) is 0.616. The predicted octanol–water partition coefficient (Wildman–Crippen LogP) is 3.65. The van der Waals surface area contributed by atoms with Gasteiger partial charge >= 0.3 is 6.61 Å². The molecule has 2 heterocycles. The SMILES string of the molecule is O=C(Nc1ccc(CCN2CCOCC2)cc1)C1CCCN(C(=O)c2ccccc2OC(F)F)C1. The number of carbonyl (C=O) groups excluding carboxylic acids is 2. The molecular formula is C26H31F2N3O4. The zero-order valence-corrected chi connectivity index (χ0v) is 19.6. The molecule has 2 aliphatic heterocycles. The summed E-state index contributed by atoms with van der Waals surface area (Å²) in [6, 6.07) is 13.8. The van der Waals surface area contributed by atoms with Crippen molar-refractivity contribution >= 4 is 17.5 Å². The fourth-order valence-electron chi connectivity index (χ4n) is 4.50. The van der Waals surface area contributed by atoms with Crippen LogP contribution in [0.25, 0.3) is 0 Å². The molecule has 4 rings (SSSR count). The van der Waals surface area contributed by atoms with Crippen LogP contribution in [-0.2, 0) is 16.0 Å². The Morgan fingerprint density at radius 3 is 2.54 bits per heavy atom. The Morgan fingerprint density at radius 2 is 1.80 bits per heavy atom. The number of halogens is 2. The van der Waals surface area contributed by atoms with E-state index in [0.29, 0.717) is 25.1 Å². The number of alkyl halides is 2. The average Bonchev–Trinajstić information content (AvgIpc) is 2.88. The van der Waals surface area contributed by atoms with Gasteiger partial charge in [0.25, 0.3) is 5.91 Å². The molecule has 2 fully saturated rings. The van der Waals surface area contributed by atoms with E-state index in [1.54, 1.807) is 6.07 Å². The van der Waals surface area contributed by atoms with Crippen LogP contribution in [0.5, 0.6) is 5.75 Å². The van der Waals surface area contributed by atoms with Crippen LogP contribution >= 0.6 is 0 Å². The monoisotopic (exact) mass is 487 g/mol. The van der Waals surface area contributed by atoms with Gasteiger partial charge in [0.1, 0.15) is 5.75 Å². The largest absolute Gasteiger partial charge is 0.434 e. The van der Waals surface area contributed by atoms with Crippen molar-refractivity contribution in [3.63, 3.8) is 0 Å². The minimum absolute atomic E-state index is 0.0709. The second kappa shape index (κ2) is 12.1. The molecule has 0 bridgehead atoms. The minimum atomic E-state index is -3.02. The highest BCUT2D eigenvalue weighted by Crippen LogP contribution is 2.25. The summed E-state index contributed by atoms with van der Waals surface area (Å²) in [4.78, 5) is 29.8. The second-order valence-electron chi connectivity index (χ2n) is 8.86. The van der Waals surface area contributed by atoms with Crippen molar-refractivity contribution in [2.45, 2.75) is 25.9 Å². The van der Waals surface area contributed by atoms with Gasteiger partial charge in [0, 0.05) is 38.4 Å². The van der Waals surface area contributed by atoms with E-state index in [9.17, 15) is 18.4 Å². The maximum Gasteiger partial charge on any atom is 0.387 e. The van der Waals surface area contributed by atoms with Crippen LogP contribution in [0.2, 0.25) is 0 Å². The van der Waals surface area contributed by atoms with Crippen molar-refractivity contribution in [1.29, 1.82) is 0 Å². The number of para-hydroxylation sites is 1. The van der Waals surface area contributed by atoms with Gasteiger partial charge in [0.05, 0.1) is 24.7 Å². The van der Waals surface area contributed by atoms with Gasteiger partial charge in [0.15, 0.2) is 0 Å². The lowest BCUT2D eigenvalue weighted by molar-refractivity contribution is -0.121. The summed E-state index contributed by atoms with van der Waals surface area (Å²) in [5, 5.41) is 2.95. The fraction of sp³-hybridized carbons (Fsp3) is 0.462. The van der Waals surface area contributed by atoms with E-state index >= 15 is 0 Å². The molecule has 35 heavy (non-hydrogen) atoms. The number of ether oxygens (including phenoxy) is 2. The number of nitrogens with one attached hydrogen (secondary N) is 1. The third-order valence-corrected chi connectivity index (χ3v) is 6.45. The van der Waals surface area contributed by atoms with Gasteiger partial charge in [-0.3, -0.25) is 14.5 Å². The molecule has 0 aliphatic carbocycles. The van der Waals surface area contributed by atoms with Crippen molar-refractivity contribution < 1.29 is 27.8 Å². The first-order chi connectivity index (χ1) is 17.0. The molecule has 0 radical (unpaired) electrons. The summed E-state index contributed by atoms with van der Waals surface area (Å²) in [7, 11) is 0. The van der Waals surface area contributed by atoms with E-state index in [0.717, 1.165) is 39.3 Å². The number of benzene rings is 2. The topological polar surface area (TPSA) is 71.1 Å². The number of anilines is 1. The van der Waals surface area contributed by atoms with Crippen LogP contribution in [0.15, 0.2) is 48.5 Å². The van der Waals surface area contributed by atoms with Gasteiger partial charge in [-0.2, -0.15) is 8.78 Å². The molecule has 0 aromatic heterocycles. The van der Waals surface area contributed by atoms with Gasteiger partial charge < -0.3 is 19.7 Å². The third-order valence-electron chi connectivity index (χ3n) is 6.45. The number of hydrogen-bond donors (Lipinski definition) is 1. The lowest BCUT2D eigenvalue weighted by atomic mass is 9.96. The number of morpholine rings is 1. The van der Waals surface area contributed by atoms with Crippen LogP contribution in [0.1, 0.15) is 28.8 Å². The predicted molar refractivity (Wildman–Crippen MR) is 128 cm³/mol. The summed E-state index contributed by atoms with van der Waals surface area (Å²) >= 11 is 0. The van der Waals surface area contributed by atoms with Gasteiger partial charge in [-0.15, -0.1) is 0 Å². The molecule has 1 atom stereocenters. The molecular weight excluding hydrogens is 456 g/mol. The first kappa shape index (κ1) is 25.1. The second-order valence-corrected chi connectivity index (χ2v) is 8.86. The number of piperidine rings is 1. The zero-order valence-electron chi connectivity index (χ0n) is 19.6. The molecule has 7 nitrogen and oxygen atoms in total. The Kier molecular flexibility index (Phi) is 8.65. The first-order valence-corrected chi connectivity index (χ1v) is 12.0. The number of amides is 2. The number of carbonyl (C=O) groups is 2. The molecule has 2 saturated heterocycles. The van der Waals surface area contributed by atoms with Crippen molar-refractivity contribution in [2.24, 2.45) is 5.92 Å². The third kappa shape index (κ3) is 6.99. The Balaban J connectivity index is 1.31. The van der Waals surface area contributed by atoms with Gasteiger partial charge in [-0.05, 0) is 49.1 Å². The summed E-state index contributed by atoms with van der Waals surface area (Å²) < 4.78 is 35.3. The van der Waals surface area contributed by atoms with Crippen LogP contribution in [-0.4, -0.2) is 74.2 Å². The van der Waals surface area contributed by atoms with Crippen LogP contribution in [0, 0.1) is 5.92 Å². The smallest absolute Gasteiger partial charge is 0.387 e. The molecule has 1 N–H and O–H groups in total. The van der Waals surface area contributed by atoms with Crippen molar-refractivity contribution in [1.82, 2.24) is 9.80 Å². The summed E-state index contributed by atoms with van der Waals surface area (Å²) in [5.74, 6) is -1.10. The normalized spacial score (nSPS) is 18.9. The van der Waals surface area contributed by atoms with E-state index < -0.39 is 12.5 Å². The molecule has 0 saturated carbocycles.